The fourth-order valence-electron chi connectivity index (χ4n) is 1.84. The molecule has 0 N–H and O–H groups in total. The van der Waals surface area contributed by atoms with Gasteiger partial charge in [-0.15, -0.1) is 0 Å². The van der Waals surface area contributed by atoms with Gasteiger partial charge in [0.25, 0.3) is 0 Å². The Balaban J connectivity index is 2.23. The van der Waals surface area contributed by atoms with E-state index in [1.807, 2.05) is 11.4 Å². The highest BCUT2D eigenvalue weighted by Gasteiger charge is 2.15. The molecule has 1 atom stereocenters. The van der Waals surface area contributed by atoms with Gasteiger partial charge in [-0.2, -0.15) is 0 Å². The van der Waals surface area contributed by atoms with Gasteiger partial charge in [0.15, 0.2) is 9.60 Å². The first-order valence-corrected chi connectivity index (χ1v) is 6.49. The maximum atomic E-state index is 13.2. The van der Waals surface area contributed by atoms with Crippen molar-refractivity contribution in [2.45, 2.75) is 0 Å². The lowest BCUT2D eigenvalue weighted by Gasteiger charge is -1.92. The van der Waals surface area contributed by atoms with Gasteiger partial charge >= 0.3 is 0 Å². The Bertz CT molecular complexity index is 668. The molecule has 0 bridgehead atoms. The Morgan fingerprint density at radius 3 is 2.24 bits per heavy atom. The molecular weight excluding hydrogens is 238 g/mol. The third-order valence-corrected chi connectivity index (χ3v) is 4.68. The van der Waals surface area contributed by atoms with E-state index >= 15 is 0 Å². The molecule has 1 heterocycles. The van der Waals surface area contributed by atoms with E-state index in [1.54, 1.807) is 24.3 Å². The van der Waals surface area contributed by atoms with Gasteiger partial charge in [0.05, 0.1) is 0 Å². The maximum absolute atomic E-state index is 13.2. The molecular formula is C14H9F2S+. The number of thiophene rings is 1. The van der Waals surface area contributed by atoms with Gasteiger partial charge in [-0.1, -0.05) is 0 Å². The predicted octanol–water partition coefficient (Wildman–Crippen LogP) is 4.86. The quantitative estimate of drug-likeness (QED) is 0.539. The molecule has 17 heavy (non-hydrogen) atoms. The monoisotopic (exact) mass is 247 g/mol. The smallest absolute Gasteiger partial charge is 0.189 e. The van der Waals surface area contributed by atoms with Gasteiger partial charge in [-0.3, -0.25) is 0 Å². The summed E-state index contributed by atoms with van der Waals surface area (Å²) in [5.74, 6) is -0.480. The summed E-state index contributed by atoms with van der Waals surface area (Å²) in [7, 11) is -0.271. The van der Waals surface area contributed by atoms with Crippen molar-refractivity contribution in [2.75, 3.05) is 0 Å². The Morgan fingerprint density at radius 2 is 1.47 bits per heavy atom. The molecule has 0 fully saturated rings. The Hall–Kier alpha value is -1.74. The van der Waals surface area contributed by atoms with Crippen molar-refractivity contribution in [1.82, 2.24) is 0 Å². The van der Waals surface area contributed by atoms with E-state index in [4.69, 9.17) is 0 Å². The van der Waals surface area contributed by atoms with E-state index in [1.165, 1.54) is 18.2 Å². The van der Waals surface area contributed by atoms with Crippen LogP contribution in [0.15, 0.2) is 53.9 Å². The summed E-state index contributed by atoms with van der Waals surface area (Å²) in [6, 6.07) is 13.2. The zero-order valence-electron chi connectivity index (χ0n) is 8.86. The minimum Gasteiger partial charge on any atom is -0.207 e. The van der Waals surface area contributed by atoms with Crippen LogP contribution in [-0.2, 0) is 0 Å². The summed E-state index contributed by atoms with van der Waals surface area (Å²) >= 11 is 0. The molecule has 0 aliphatic heterocycles. The molecule has 0 nitrogen and oxygen atoms in total. The summed E-state index contributed by atoms with van der Waals surface area (Å²) in [5.41, 5.74) is 0. The van der Waals surface area contributed by atoms with E-state index < -0.39 is 0 Å². The van der Waals surface area contributed by atoms with Crippen LogP contribution in [0.5, 0.6) is 0 Å². The summed E-state index contributed by atoms with van der Waals surface area (Å²) in [4.78, 5) is 1.01. The minimum absolute atomic E-state index is 0.230. The molecule has 3 rings (SSSR count). The molecule has 0 amide bonds. The summed E-state index contributed by atoms with van der Waals surface area (Å²) < 4.78 is 27.1. The van der Waals surface area contributed by atoms with Crippen LogP contribution in [0, 0.1) is 11.6 Å². The Kier molecular flexibility index (Phi) is 2.41. The minimum atomic E-state index is -0.271. The lowest BCUT2D eigenvalue weighted by atomic mass is 10.3. The fraction of sp³-hybridized carbons (Fsp3) is 0. The largest absolute Gasteiger partial charge is 0.207 e. The molecule has 3 aromatic rings. The third-order valence-electron chi connectivity index (χ3n) is 2.66. The highest BCUT2D eigenvalue weighted by molar-refractivity contribution is 7.43. The highest BCUT2D eigenvalue weighted by atomic mass is 32.2. The molecule has 0 saturated carbocycles. The van der Waals surface area contributed by atoms with Crippen LogP contribution >= 0.6 is 10.5 Å². The SMILES string of the molecule is Fc1ccc(-[s+]2ccc3ccc(F)cc32)cc1. The number of benzene rings is 2. The van der Waals surface area contributed by atoms with Gasteiger partial charge in [-0.05, 0) is 24.3 Å². The maximum Gasteiger partial charge on any atom is 0.189 e. The molecule has 0 aliphatic rings. The van der Waals surface area contributed by atoms with E-state index in [2.05, 4.69) is 0 Å². The van der Waals surface area contributed by atoms with E-state index in [9.17, 15) is 8.78 Å². The van der Waals surface area contributed by atoms with Gasteiger partial charge in [0.1, 0.15) is 17.0 Å². The van der Waals surface area contributed by atoms with Crippen LogP contribution in [0.1, 0.15) is 0 Å². The number of hydrogen-bond acceptors (Lipinski definition) is 0. The van der Waals surface area contributed by atoms with Crippen molar-refractivity contribution >= 4 is 20.6 Å². The highest BCUT2D eigenvalue weighted by Crippen LogP contribution is 2.39. The van der Waals surface area contributed by atoms with Crippen molar-refractivity contribution in [2.24, 2.45) is 0 Å². The first-order valence-electron chi connectivity index (χ1n) is 5.20. The van der Waals surface area contributed by atoms with Gasteiger partial charge < -0.3 is 0 Å². The van der Waals surface area contributed by atoms with Gasteiger partial charge in [-0.25, -0.2) is 8.78 Å². The number of fused-ring (bicyclic) bond motifs is 1. The van der Waals surface area contributed by atoms with Crippen LogP contribution in [-0.4, -0.2) is 0 Å². The average molecular weight is 247 g/mol. The van der Waals surface area contributed by atoms with Crippen LogP contribution < -0.4 is 0 Å². The topological polar surface area (TPSA) is 0 Å². The first kappa shape index (κ1) is 10.4. The summed E-state index contributed by atoms with van der Waals surface area (Å²) in [6.45, 7) is 0. The van der Waals surface area contributed by atoms with Crippen LogP contribution in [0.4, 0.5) is 8.78 Å². The second kappa shape index (κ2) is 3.93. The zero-order chi connectivity index (χ0) is 11.8. The molecule has 1 aromatic heterocycles. The van der Waals surface area contributed by atoms with Crippen LogP contribution in [0.2, 0.25) is 0 Å². The molecule has 0 aliphatic carbocycles. The molecule has 1 unspecified atom stereocenters. The van der Waals surface area contributed by atoms with E-state index in [-0.39, 0.29) is 22.1 Å². The van der Waals surface area contributed by atoms with Crippen molar-refractivity contribution in [3.8, 4) is 4.90 Å². The molecule has 3 heteroatoms. The molecule has 0 radical (unpaired) electrons. The predicted molar refractivity (Wildman–Crippen MR) is 67.7 cm³/mol. The molecule has 2 aromatic carbocycles. The lowest BCUT2D eigenvalue weighted by molar-refractivity contribution is 0.628. The average Bonchev–Trinajstić information content (AvgIpc) is 2.73. The lowest BCUT2D eigenvalue weighted by Crippen LogP contribution is -1.74. The van der Waals surface area contributed by atoms with E-state index in [0.717, 1.165) is 15.0 Å². The molecule has 0 spiro atoms. The third kappa shape index (κ3) is 1.83. The zero-order valence-corrected chi connectivity index (χ0v) is 9.68. The van der Waals surface area contributed by atoms with Gasteiger partial charge in [0.2, 0.25) is 0 Å². The van der Waals surface area contributed by atoms with E-state index in [0.29, 0.717) is 0 Å². The molecule has 0 saturated heterocycles. The van der Waals surface area contributed by atoms with Crippen LogP contribution in [0.25, 0.3) is 15.0 Å². The number of rotatable bonds is 1. The second-order valence-electron chi connectivity index (χ2n) is 3.78. The van der Waals surface area contributed by atoms with Crippen molar-refractivity contribution < 1.29 is 8.78 Å². The van der Waals surface area contributed by atoms with Gasteiger partial charge in [0, 0.05) is 40.1 Å². The number of hydrogen-bond donors (Lipinski definition) is 0. The second-order valence-corrected chi connectivity index (χ2v) is 5.64. The first-order chi connectivity index (χ1) is 8.24. The normalized spacial score (nSPS) is 12.0. The van der Waals surface area contributed by atoms with Crippen molar-refractivity contribution in [3.05, 3.63) is 65.5 Å². The molecule has 84 valence electrons. The standard InChI is InChI=1S/C14H9F2S/c15-11-3-5-13(6-4-11)17-8-7-10-1-2-12(16)9-14(10)17/h1-9H/q+1. The van der Waals surface area contributed by atoms with Crippen LogP contribution in [0.3, 0.4) is 0 Å². The Labute approximate surface area is 100 Å². The summed E-state index contributed by atoms with van der Waals surface area (Å²) in [5, 5.41) is 3.08. The van der Waals surface area contributed by atoms with Crippen molar-refractivity contribution in [3.63, 3.8) is 0 Å². The fourth-order valence-corrected chi connectivity index (χ4v) is 3.74. The summed E-state index contributed by atoms with van der Waals surface area (Å²) in [6.07, 6.45) is 0. The van der Waals surface area contributed by atoms with Crippen molar-refractivity contribution in [1.29, 1.82) is 0 Å². The number of halogens is 2. The Morgan fingerprint density at radius 1 is 0.765 bits per heavy atom.